The molecule has 11 heteroatoms. The number of hydrazine groups is 2. The number of aromatic nitrogens is 2. The van der Waals surface area contributed by atoms with E-state index < -0.39 is 17.7 Å². The van der Waals surface area contributed by atoms with E-state index >= 15 is 0 Å². The summed E-state index contributed by atoms with van der Waals surface area (Å²) in [6, 6.07) is 3.69. The number of rotatable bonds is 4. The van der Waals surface area contributed by atoms with Gasteiger partial charge in [-0.1, -0.05) is 6.07 Å². The molecular formula is C17H14N6O3S2. The van der Waals surface area contributed by atoms with Gasteiger partial charge < -0.3 is 5.73 Å². The van der Waals surface area contributed by atoms with Crippen LogP contribution in [0.15, 0.2) is 29.2 Å². The second-order valence-electron chi connectivity index (χ2n) is 6.08. The lowest BCUT2D eigenvalue weighted by Gasteiger charge is -2.27. The van der Waals surface area contributed by atoms with Crippen molar-refractivity contribution in [2.45, 2.75) is 13.8 Å². The Morgan fingerprint density at radius 1 is 1.25 bits per heavy atom. The number of thiophene rings is 2. The molecule has 0 saturated carbocycles. The van der Waals surface area contributed by atoms with Crippen molar-refractivity contribution >= 4 is 56.4 Å². The third-order valence-corrected chi connectivity index (χ3v) is 6.31. The largest absolute Gasteiger partial charge is 0.365 e. The minimum Gasteiger partial charge on any atom is -0.365 e. The van der Waals surface area contributed by atoms with E-state index in [1.165, 1.54) is 24.3 Å². The van der Waals surface area contributed by atoms with Crippen LogP contribution in [0.3, 0.4) is 0 Å². The second-order valence-corrected chi connectivity index (χ2v) is 8.02. The number of hydrogen-bond acceptors (Lipinski definition) is 9. The second kappa shape index (κ2) is 6.48. The predicted octanol–water partition coefficient (Wildman–Crippen LogP) is 1.74. The zero-order valence-corrected chi connectivity index (χ0v) is 16.4. The molecule has 0 aromatic carbocycles. The van der Waals surface area contributed by atoms with E-state index in [9.17, 15) is 14.4 Å². The van der Waals surface area contributed by atoms with Crippen LogP contribution in [0.5, 0.6) is 0 Å². The smallest absolute Gasteiger partial charge is 0.276 e. The van der Waals surface area contributed by atoms with Crippen molar-refractivity contribution in [3.05, 3.63) is 39.6 Å². The molecule has 0 spiro atoms. The van der Waals surface area contributed by atoms with Crippen LogP contribution in [-0.2, 0) is 9.59 Å². The lowest BCUT2D eigenvalue weighted by molar-refractivity contribution is -0.138. The average Bonchev–Trinajstić information content (AvgIpc) is 3.34. The minimum absolute atomic E-state index is 0.138. The fraction of sp³-hybridized carbons (Fsp3) is 0.118. The van der Waals surface area contributed by atoms with Crippen molar-refractivity contribution in [2.24, 2.45) is 11.6 Å². The number of carbonyl (C=O) groups is 3. The molecule has 0 aliphatic carbocycles. The Labute approximate surface area is 166 Å². The van der Waals surface area contributed by atoms with Crippen LogP contribution in [0.25, 0.3) is 20.9 Å². The van der Waals surface area contributed by atoms with Gasteiger partial charge >= 0.3 is 0 Å². The highest BCUT2D eigenvalue weighted by molar-refractivity contribution is 7.20. The molecule has 0 radical (unpaired) electrons. The first-order valence-electron chi connectivity index (χ1n) is 8.06. The van der Waals surface area contributed by atoms with Crippen LogP contribution in [-0.4, -0.2) is 32.7 Å². The standard InChI is InChI=1S/C17H14N6O3S2/c1-7-6-10(24)22(17(7)26)23(19)15-11-8(2)12(13(18)25)28-16(11)21-14(20-15)9-4-3-5-27-9/h3-6H,19H2,1-2H3,(H2,18,25). The maximum absolute atomic E-state index is 12.4. The number of anilines is 1. The first-order valence-corrected chi connectivity index (χ1v) is 9.75. The summed E-state index contributed by atoms with van der Waals surface area (Å²) in [5.74, 6) is 4.97. The third kappa shape index (κ3) is 2.68. The average molecular weight is 414 g/mol. The number of carbonyl (C=O) groups excluding carboxylic acids is 3. The van der Waals surface area contributed by atoms with Crippen LogP contribution in [0.4, 0.5) is 5.82 Å². The van der Waals surface area contributed by atoms with Crippen LogP contribution >= 0.6 is 22.7 Å². The van der Waals surface area contributed by atoms with Gasteiger partial charge in [-0.25, -0.2) is 15.8 Å². The zero-order chi connectivity index (χ0) is 20.2. The summed E-state index contributed by atoms with van der Waals surface area (Å²) in [4.78, 5) is 47.0. The predicted molar refractivity (Wildman–Crippen MR) is 106 cm³/mol. The molecule has 3 aromatic heterocycles. The molecule has 4 heterocycles. The molecular weight excluding hydrogens is 400 g/mol. The maximum Gasteiger partial charge on any atom is 0.276 e. The molecule has 0 bridgehead atoms. The highest BCUT2D eigenvalue weighted by Gasteiger charge is 2.35. The van der Waals surface area contributed by atoms with Crippen LogP contribution in [0.1, 0.15) is 22.2 Å². The van der Waals surface area contributed by atoms with Crippen molar-refractivity contribution in [2.75, 3.05) is 5.12 Å². The van der Waals surface area contributed by atoms with Gasteiger partial charge in [-0.05, 0) is 30.9 Å². The fourth-order valence-corrected chi connectivity index (χ4v) is 4.59. The molecule has 9 nitrogen and oxygen atoms in total. The van der Waals surface area contributed by atoms with Gasteiger partial charge in [0.1, 0.15) is 4.83 Å². The van der Waals surface area contributed by atoms with Crippen LogP contribution in [0, 0.1) is 6.92 Å². The molecule has 3 amide bonds. The van der Waals surface area contributed by atoms with E-state index in [1.807, 2.05) is 17.5 Å². The summed E-state index contributed by atoms with van der Waals surface area (Å²) in [7, 11) is 0. The van der Waals surface area contributed by atoms with Crippen LogP contribution in [0.2, 0.25) is 0 Å². The summed E-state index contributed by atoms with van der Waals surface area (Å²) in [6.45, 7) is 3.23. The number of aryl methyl sites for hydroxylation is 1. The fourth-order valence-electron chi connectivity index (χ4n) is 2.91. The quantitative estimate of drug-likeness (QED) is 0.377. The van der Waals surface area contributed by atoms with Crippen molar-refractivity contribution in [3.63, 3.8) is 0 Å². The summed E-state index contributed by atoms with van der Waals surface area (Å²) in [6.07, 6.45) is 1.20. The summed E-state index contributed by atoms with van der Waals surface area (Å²) >= 11 is 2.54. The molecule has 0 atom stereocenters. The summed E-state index contributed by atoms with van der Waals surface area (Å²) in [5, 5.41) is 4.05. The van der Waals surface area contributed by atoms with Crippen molar-refractivity contribution in [3.8, 4) is 10.7 Å². The van der Waals surface area contributed by atoms with Gasteiger partial charge in [0.05, 0.1) is 15.1 Å². The van der Waals surface area contributed by atoms with Gasteiger partial charge in [-0.15, -0.1) is 22.7 Å². The highest BCUT2D eigenvalue weighted by atomic mass is 32.1. The summed E-state index contributed by atoms with van der Waals surface area (Å²) in [5.41, 5.74) is 6.28. The Balaban J connectivity index is 1.96. The first kappa shape index (κ1) is 18.2. The zero-order valence-electron chi connectivity index (χ0n) is 14.8. The number of nitrogens with zero attached hydrogens (tertiary/aromatic N) is 4. The summed E-state index contributed by atoms with van der Waals surface area (Å²) < 4.78 is 0. The molecule has 0 unspecified atom stereocenters. The van der Waals surface area contributed by atoms with Gasteiger partial charge in [0.25, 0.3) is 17.7 Å². The van der Waals surface area contributed by atoms with Crippen molar-refractivity contribution < 1.29 is 14.4 Å². The Bertz CT molecular complexity index is 1180. The highest BCUT2D eigenvalue weighted by Crippen LogP contribution is 2.37. The number of fused-ring (bicyclic) bond motifs is 1. The Morgan fingerprint density at radius 2 is 2.00 bits per heavy atom. The molecule has 3 aromatic rings. The lowest BCUT2D eigenvalue weighted by atomic mass is 10.2. The van der Waals surface area contributed by atoms with Crippen LogP contribution < -0.4 is 16.7 Å². The van der Waals surface area contributed by atoms with E-state index in [2.05, 4.69) is 9.97 Å². The molecule has 28 heavy (non-hydrogen) atoms. The van der Waals surface area contributed by atoms with Gasteiger partial charge in [-0.3, -0.25) is 14.4 Å². The Hall–Kier alpha value is -3.15. The molecule has 4 N–H and O–H groups in total. The first-order chi connectivity index (χ1) is 13.3. The van der Waals surface area contributed by atoms with E-state index in [0.717, 1.165) is 26.3 Å². The normalized spacial score (nSPS) is 14.1. The molecule has 142 valence electrons. The molecule has 1 aliphatic heterocycles. The Morgan fingerprint density at radius 3 is 2.57 bits per heavy atom. The molecule has 0 fully saturated rings. The molecule has 4 rings (SSSR count). The molecule has 1 aliphatic rings. The maximum atomic E-state index is 12.4. The topological polar surface area (TPSA) is 136 Å². The number of amides is 3. The number of hydrogen-bond donors (Lipinski definition) is 2. The van der Waals surface area contributed by atoms with Crippen molar-refractivity contribution in [1.82, 2.24) is 15.0 Å². The van der Waals surface area contributed by atoms with E-state index in [-0.39, 0.29) is 11.4 Å². The van der Waals surface area contributed by atoms with E-state index in [4.69, 9.17) is 11.6 Å². The third-order valence-electron chi connectivity index (χ3n) is 4.25. The number of primary amides is 1. The SMILES string of the molecule is CC1=CC(=O)N(N(N)c2nc(-c3cccs3)nc3sc(C(N)=O)c(C)c23)C1=O. The van der Waals surface area contributed by atoms with Gasteiger partial charge in [-0.2, -0.15) is 10.1 Å². The number of nitrogens with two attached hydrogens (primary N) is 2. The van der Waals surface area contributed by atoms with Gasteiger partial charge in [0.15, 0.2) is 11.6 Å². The minimum atomic E-state index is -0.599. The monoisotopic (exact) mass is 414 g/mol. The van der Waals surface area contributed by atoms with E-state index in [0.29, 0.717) is 26.5 Å². The van der Waals surface area contributed by atoms with Crippen molar-refractivity contribution in [1.29, 1.82) is 0 Å². The Kier molecular flexibility index (Phi) is 4.22. The van der Waals surface area contributed by atoms with Gasteiger partial charge in [0.2, 0.25) is 0 Å². The number of imide groups is 1. The molecule has 0 saturated heterocycles. The van der Waals surface area contributed by atoms with E-state index in [1.54, 1.807) is 6.92 Å². The van der Waals surface area contributed by atoms with Gasteiger partial charge in [0, 0.05) is 11.6 Å². The lowest BCUT2D eigenvalue weighted by Crippen LogP contribution is -2.52.